The van der Waals surface area contributed by atoms with E-state index in [2.05, 4.69) is 9.97 Å². The maximum absolute atomic E-state index is 11.7. The summed E-state index contributed by atoms with van der Waals surface area (Å²) in [4.78, 5) is 19.4. The molecule has 2 aromatic heterocycles. The smallest absolute Gasteiger partial charge is 0.248 e. The molecule has 0 fully saturated rings. The van der Waals surface area contributed by atoms with E-state index in [1.807, 2.05) is 0 Å². The minimum atomic E-state index is -0.289. The molecule has 5 heteroatoms. The topological polar surface area (TPSA) is 82.0 Å². The van der Waals surface area contributed by atoms with Crippen LogP contribution >= 0.6 is 0 Å². The molecule has 0 saturated heterocycles. The van der Waals surface area contributed by atoms with E-state index in [4.69, 9.17) is 10.2 Å². The van der Waals surface area contributed by atoms with E-state index in [-0.39, 0.29) is 23.8 Å². The number of nitrogens with zero attached hydrogens (tertiary/aromatic N) is 2. The molecule has 5 nitrogen and oxygen atoms in total. The number of hydrogen-bond acceptors (Lipinski definition) is 5. The van der Waals surface area contributed by atoms with Crippen molar-refractivity contribution in [3.05, 3.63) is 47.9 Å². The monoisotopic (exact) mass is 203 g/mol. The molecular formula is C10H9N3O2. The Balaban J connectivity index is 2.29. The maximum atomic E-state index is 11.7. The Bertz CT molecular complexity index is 465. The van der Waals surface area contributed by atoms with Crippen LogP contribution in [0.5, 0.6) is 0 Å². The number of ketones is 1. The number of carbonyl (C=O) groups excluding carboxylic acids is 1. The first-order valence-electron chi connectivity index (χ1n) is 4.41. The zero-order chi connectivity index (χ0) is 10.7. The number of nitrogens with two attached hydrogens (primary N) is 1. The summed E-state index contributed by atoms with van der Waals surface area (Å²) in [5.41, 5.74) is 5.63. The molecule has 0 aromatic carbocycles. The molecule has 2 aromatic rings. The predicted molar refractivity (Wildman–Crippen MR) is 52.1 cm³/mol. The number of furan rings is 1. The number of aromatic nitrogens is 2. The highest BCUT2D eigenvalue weighted by Gasteiger charge is 2.14. The Morgan fingerprint density at radius 3 is 2.87 bits per heavy atom. The van der Waals surface area contributed by atoms with Gasteiger partial charge in [0, 0.05) is 12.4 Å². The quantitative estimate of drug-likeness (QED) is 0.744. The van der Waals surface area contributed by atoms with Gasteiger partial charge in [0.1, 0.15) is 11.5 Å². The van der Waals surface area contributed by atoms with Gasteiger partial charge in [-0.2, -0.15) is 0 Å². The van der Waals surface area contributed by atoms with Gasteiger partial charge in [-0.15, -0.1) is 0 Å². The van der Waals surface area contributed by atoms with E-state index in [0.29, 0.717) is 5.76 Å². The van der Waals surface area contributed by atoms with E-state index in [0.717, 1.165) is 0 Å². The van der Waals surface area contributed by atoms with Gasteiger partial charge < -0.3 is 10.2 Å². The molecule has 76 valence electrons. The molecule has 0 radical (unpaired) electrons. The largest absolute Gasteiger partial charge is 0.456 e. The molecule has 0 bridgehead atoms. The van der Waals surface area contributed by atoms with Crippen LogP contribution in [0.4, 0.5) is 0 Å². The van der Waals surface area contributed by atoms with Crippen molar-refractivity contribution in [1.29, 1.82) is 0 Å². The highest BCUT2D eigenvalue weighted by Crippen LogP contribution is 2.10. The molecule has 0 saturated carbocycles. The van der Waals surface area contributed by atoms with Crippen LogP contribution in [0.3, 0.4) is 0 Å². The molecule has 0 aliphatic heterocycles. The van der Waals surface area contributed by atoms with Gasteiger partial charge in [-0.1, -0.05) is 0 Å². The molecule has 2 N–H and O–H groups in total. The van der Waals surface area contributed by atoms with Gasteiger partial charge in [0.2, 0.25) is 5.78 Å². The van der Waals surface area contributed by atoms with Crippen molar-refractivity contribution in [2.75, 3.05) is 0 Å². The summed E-state index contributed by atoms with van der Waals surface area (Å²) in [7, 11) is 0. The van der Waals surface area contributed by atoms with Crippen molar-refractivity contribution >= 4 is 5.78 Å². The van der Waals surface area contributed by atoms with Crippen LogP contribution in [0.15, 0.2) is 35.1 Å². The lowest BCUT2D eigenvalue weighted by atomic mass is 10.2. The molecule has 0 amide bonds. The van der Waals surface area contributed by atoms with Crippen molar-refractivity contribution in [3.63, 3.8) is 0 Å². The molecule has 0 atom stereocenters. The Morgan fingerprint density at radius 2 is 2.27 bits per heavy atom. The molecule has 0 unspecified atom stereocenters. The SMILES string of the molecule is NCc1ccc(C(=O)c2cnccn2)o1. The number of carbonyl (C=O) groups is 1. The number of rotatable bonds is 3. The van der Waals surface area contributed by atoms with Gasteiger partial charge >= 0.3 is 0 Å². The standard InChI is InChI=1S/C10H9N3O2/c11-5-7-1-2-9(15-7)10(14)8-6-12-3-4-13-8/h1-4,6H,5,11H2. The van der Waals surface area contributed by atoms with Crippen molar-refractivity contribution in [1.82, 2.24) is 9.97 Å². The van der Waals surface area contributed by atoms with Gasteiger partial charge in [0.25, 0.3) is 0 Å². The van der Waals surface area contributed by atoms with Crippen LogP contribution < -0.4 is 5.73 Å². The normalized spacial score (nSPS) is 10.2. The van der Waals surface area contributed by atoms with Crippen LogP contribution in [0.25, 0.3) is 0 Å². The minimum absolute atomic E-state index is 0.232. The molecule has 0 aliphatic carbocycles. The highest BCUT2D eigenvalue weighted by atomic mass is 16.3. The summed E-state index contributed by atoms with van der Waals surface area (Å²) in [6, 6.07) is 3.25. The van der Waals surface area contributed by atoms with Crippen LogP contribution in [0, 0.1) is 0 Å². The fourth-order valence-corrected chi connectivity index (χ4v) is 1.15. The van der Waals surface area contributed by atoms with Crippen LogP contribution in [-0.4, -0.2) is 15.8 Å². The first kappa shape index (κ1) is 9.54. The van der Waals surface area contributed by atoms with Crippen molar-refractivity contribution in [2.45, 2.75) is 6.54 Å². The van der Waals surface area contributed by atoms with Gasteiger partial charge in [-0.25, -0.2) is 4.98 Å². The summed E-state index contributed by atoms with van der Waals surface area (Å²) in [6.07, 6.45) is 4.36. The second-order valence-electron chi connectivity index (χ2n) is 2.89. The average molecular weight is 203 g/mol. The predicted octanol–water partition coefficient (Wildman–Crippen LogP) is 0.759. The molecule has 0 aliphatic rings. The highest BCUT2D eigenvalue weighted by molar-refractivity contribution is 6.05. The first-order chi connectivity index (χ1) is 7.31. The lowest BCUT2D eigenvalue weighted by Crippen LogP contribution is -2.03. The Kier molecular flexibility index (Phi) is 2.55. The van der Waals surface area contributed by atoms with Crippen molar-refractivity contribution < 1.29 is 9.21 Å². The van der Waals surface area contributed by atoms with Gasteiger partial charge in [0.15, 0.2) is 5.76 Å². The van der Waals surface area contributed by atoms with E-state index in [1.165, 1.54) is 18.6 Å². The van der Waals surface area contributed by atoms with Crippen molar-refractivity contribution in [2.24, 2.45) is 5.73 Å². The third-order valence-electron chi connectivity index (χ3n) is 1.88. The molecule has 0 spiro atoms. The molecule has 2 heterocycles. The maximum Gasteiger partial charge on any atom is 0.248 e. The fourth-order valence-electron chi connectivity index (χ4n) is 1.15. The number of hydrogen-bond donors (Lipinski definition) is 1. The summed E-state index contributed by atoms with van der Waals surface area (Å²) >= 11 is 0. The average Bonchev–Trinajstić information content (AvgIpc) is 2.78. The third-order valence-corrected chi connectivity index (χ3v) is 1.88. The van der Waals surface area contributed by atoms with E-state index >= 15 is 0 Å². The summed E-state index contributed by atoms with van der Waals surface area (Å²) in [5, 5.41) is 0. The summed E-state index contributed by atoms with van der Waals surface area (Å²) in [5.74, 6) is 0.515. The van der Waals surface area contributed by atoms with Crippen LogP contribution in [0.1, 0.15) is 22.0 Å². The summed E-state index contributed by atoms with van der Waals surface area (Å²) < 4.78 is 5.21. The fraction of sp³-hybridized carbons (Fsp3) is 0.100. The van der Waals surface area contributed by atoms with Crippen molar-refractivity contribution in [3.8, 4) is 0 Å². The molecular weight excluding hydrogens is 194 g/mol. The van der Waals surface area contributed by atoms with Gasteiger partial charge in [-0.05, 0) is 12.1 Å². The van der Waals surface area contributed by atoms with Crippen LogP contribution in [0.2, 0.25) is 0 Å². The van der Waals surface area contributed by atoms with Crippen LogP contribution in [-0.2, 0) is 6.54 Å². The second kappa shape index (κ2) is 4.02. The van der Waals surface area contributed by atoms with Gasteiger partial charge in [-0.3, -0.25) is 9.78 Å². The van der Waals surface area contributed by atoms with Gasteiger partial charge in [0.05, 0.1) is 12.7 Å². The first-order valence-corrected chi connectivity index (χ1v) is 4.41. The van der Waals surface area contributed by atoms with E-state index < -0.39 is 0 Å². The lowest BCUT2D eigenvalue weighted by Gasteiger charge is -1.94. The van der Waals surface area contributed by atoms with E-state index in [1.54, 1.807) is 12.1 Å². The zero-order valence-electron chi connectivity index (χ0n) is 7.88. The Morgan fingerprint density at radius 1 is 1.40 bits per heavy atom. The second-order valence-corrected chi connectivity index (χ2v) is 2.89. The minimum Gasteiger partial charge on any atom is -0.456 e. The lowest BCUT2D eigenvalue weighted by molar-refractivity contribution is 0.100. The zero-order valence-corrected chi connectivity index (χ0v) is 7.88. The Hall–Kier alpha value is -2.01. The summed E-state index contributed by atoms with van der Waals surface area (Å²) in [6.45, 7) is 0.272. The molecule has 2 rings (SSSR count). The molecule has 15 heavy (non-hydrogen) atoms. The van der Waals surface area contributed by atoms with E-state index in [9.17, 15) is 4.79 Å². The third kappa shape index (κ3) is 1.92. The Labute approximate surface area is 86.0 Å².